The van der Waals surface area contributed by atoms with Gasteiger partial charge in [0.1, 0.15) is 0 Å². The van der Waals surface area contributed by atoms with E-state index in [1.165, 1.54) is 39.3 Å². The number of rotatable bonds is 7. The molecular formula is C14H20N4O4S2. The second-order valence-corrected chi connectivity index (χ2v) is 8.66. The van der Waals surface area contributed by atoms with Crippen LogP contribution in [0.25, 0.3) is 0 Å². The van der Waals surface area contributed by atoms with Crippen molar-refractivity contribution in [2.45, 2.75) is 23.6 Å². The summed E-state index contributed by atoms with van der Waals surface area (Å²) in [6.07, 6.45) is 1.61. The van der Waals surface area contributed by atoms with Crippen LogP contribution in [0.4, 0.5) is 5.82 Å². The number of nitrogens with zero attached hydrogens (tertiary/aromatic N) is 3. The molecule has 2 aromatic rings. The van der Waals surface area contributed by atoms with Crippen molar-refractivity contribution in [1.29, 1.82) is 0 Å². The molecule has 0 saturated heterocycles. The molecule has 1 aromatic heterocycles. The van der Waals surface area contributed by atoms with Crippen LogP contribution in [0.15, 0.2) is 46.3 Å². The highest BCUT2D eigenvalue weighted by Gasteiger charge is 2.23. The summed E-state index contributed by atoms with van der Waals surface area (Å²) in [6.45, 7) is 4.19. The number of aromatic nitrogens is 2. The summed E-state index contributed by atoms with van der Waals surface area (Å²) in [7, 11) is -5.77. The molecule has 132 valence electrons. The second-order valence-electron chi connectivity index (χ2n) is 5.04. The maximum Gasteiger partial charge on any atom is 0.263 e. The highest BCUT2D eigenvalue weighted by molar-refractivity contribution is 7.92. The zero-order valence-electron chi connectivity index (χ0n) is 13.7. The lowest BCUT2D eigenvalue weighted by atomic mass is 10.4. The van der Waals surface area contributed by atoms with Crippen LogP contribution < -0.4 is 4.72 Å². The fraction of sp³-hybridized carbons (Fsp3) is 0.357. The van der Waals surface area contributed by atoms with Gasteiger partial charge in [-0.1, -0.05) is 13.8 Å². The molecule has 0 radical (unpaired) electrons. The molecule has 0 amide bonds. The van der Waals surface area contributed by atoms with Gasteiger partial charge in [-0.25, -0.2) is 16.8 Å². The molecule has 0 saturated carbocycles. The van der Waals surface area contributed by atoms with E-state index in [9.17, 15) is 16.8 Å². The molecule has 0 spiro atoms. The monoisotopic (exact) mass is 372 g/mol. The largest absolute Gasteiger partial charge is 0.274 e. The highest BCUT2D eigenvalue weighted by atomic mass is 32.2. The van der Waals surface area contributed by atoms with E-state index >= 15 is 0 Å². The summed E-state index contributed by atoms with van der Waals surface area (Å²) in [5.74, 6) is 0.192. The maximum absolute atomic E-state index is 12.4. The van der Waals surface area contributed by atoms with Crippen LogP contribution in [0.1, 0.15) is 13.8 Å². The van der Waals surface area contributed by atoms with E-state index in [1.54, 1.807) is 27.1 Å². The van der Waals surface area contributed by atoms with Crippen molar-refractivity contribution in [3.05, 3.63) is 36.5 Å². The Morgan fingerprint density at radius 2 is 1.54 bits per heavy atom. The number of sulfonamides is 2. The Morgan fingerprint density at radius 3 is 2.00 bits per heavy atom. The van der Waals surface area contributed by atoms with Crippen molar-refractivity contribution in [2.24, 2.45) is 7.05 Å². The molecule has 0 fully saturated rings. The average molecular weight is 372 g/mol. The molecule has 2 rings (SSSR count). The number of benzene rings is 1. The van der Waals surface area contributed by atoms with Gasteiger partial charge in [0.2, 0.25) is 10.0 Å². The van der Waals surface area contributed by atoms with E-state index in [1.807, 2.05) is 0 Å². The summed E-state index contributed by atoms with van der Waals surface area (Å²) in [6, 6.07) is 6.64. The Balaban J connectivity index is 2.28. The first-order chi connectivity index (χ1) is 11.2. The van der Waals surface area contributed by atoms with Crippen molar-refractivity contribution in [3.63, 3.8) is 0 Å². The van der Waals surface area contributed by atoms with Crippen molar-refractivity contribution in [1.82, 2.24) is 14.1 Å². The Labute approximate surface area is 142 Å². The smallest absolute Gasteiger partial charge is 0.263 e. The first kappa shape index (κ1) is 18.4. The van der Waals surface area contributed by atoms with Gasteiger partial charge in [0.05, 0.1) is 9.79 Å². The predicted octanol–water partition coefficient (Wildman–Crippen LogP) is 1.25. The van der Waals surface area contributed by atoms with E-state index in [0.717, 1.165) is 0 Å². The lowest BCUT2D eigenvalue weighted by molar-refractivity contribution is 0.445. The molecule has 1 heterocycles. The third kappa shape index (κ3) is 3.77. The van der Waals surface area contributed by atoms with E-state index in [4.69, 9.17) is 0 Å². The Hall–Kier alpha value is -1.91. The van der Waals surface area contributed by atoms with Crippen LogP contribution in [0, 0.1) is 0 Å². The Morgan fingerprint density at radius 1 is 1.00 bits per heavy atom. The summed E-state index contributed by atoms with van der Waals surface area (Å²) < 4.78 is 54.5. The molecule has 0 aliphatic heterocycles. The highest BCUT2D eigenvalue weighted by Crippen LogP contribution is 2.20. The Bertz CT molecular complexity index is 899. The number of nitrogens with one attached hydrogen (secondary N) is 1. The van der Waals surface area contributed by atoms with Gasteiger partial charge >= 0.3 is 0 Å². The van der Waals surface area contributed by atoms with Crippen molar-refractivity contribution in [2.75, 3.05) is 17.8 Å². The molecule has 0 unspecified atom stereocenters. The summed E-state index contributed by atoms with van der Waals surface area (Å²) in [5.41, 5.74) is 0. The van der Waals surface area contributed by atoms with Gasteiger partial charge < -0.3 is 0 Å². The molecule has 24 heavy (non-hydrogen) atoms. The maximum atomic E-state index is 12.4. The molecule has 1 aromatic carbocycles. The fourth-order valence-corrected chi connectivity index (χ4v) is 4.62. The van der Waals surface area contributed by atoms with E-state index in [-0.39, 0.29) is 15.6 Å². The minimum Gasteiger partial charge on any atom is -0.274 e. The first-order valence-electron chi connectivity index (χ1n) is 7.33. The molecule has 1 N–H and O–H groups in total. The zero-order valence-corrected chi connectivity index (χ0v) is 15.3. The van der Waals surface area contributed by atoms with Gasteiger partial charge in [-0.15, -0.1) is 0 Å². The van der Waals surface area contributed by atoms with Crippen LogP contribution in [-0.4, -0.2) is 44.0 Å². The normalized spacial score (nSPS) is 12.5. The molecular weight excluding hydrogens is 352 g/mol. The number of hydrogen-bond donors (Lipinski definition) is 1. The minimum absolute atomic E-state index is 0.0355. The van der Waals surface area contributed by atoms with Crippen LogP contribution in [0.2, 0.25) is 0 Å². The molecule has 0 bridgehead atoms. The van der Waals surface area contributed by atoms with E-state index in [2.05, 4.69) is 9.82 Å². The summed E-state index contributed by atoms with van der Waals surface area (Å²) in [4.78, 5) is 0.0228. The topological polar surface area (TPSA) is 101 Å². The second kappa shape index (κ2) is 6.91. The molecule has 0 atom stereocenters. The minimum atomic E-state index is -3.83. The third-order valence-corrected chi connectivity index (χ3v) is 6.86. The number of hydrogen-bond acceptors (Lipinski definition) is 5. The van der Waals surface area contributed by atoms with Gasteiger partial charge in [0.25, 0.3) is 10.0 Å². The van der Waals surface area contributed by atoms with Crippen LogP contribution in [0.3, 0.4) is 0 Å². The zero-order chi connectivity index (χ0) is 18.0. The van der Waals surface area contributed by atoms with E-state index < -0.39 is 20.0 Å². The SMILES string of the molecule is CCN(CC)S(=O)(=O)c1ccc(S(=O)(=O)Nc2ccn(C)n2)cc1. The average Bonchev–Trinajstić information content (AvgIpc) is 2.92. The Kier molecular flexibility index (Phi) is 5.31. The van der Waals surface area contributed by atoms with Crippen LogP contribution >= 0.6 is 0 Å². The summed E-state index contributed by atoms with van der Waals surface area (Å²) in [5, 5.41) is 3.95. The molecule has 8 nitrogen and oxygen atoms in total. The quantitative estimate of drug-likeness (QED) is 0.788. The van der Waals surface area contributed by atoms with Crippen LogP contribution in [-0.2, 0) is 27.1 Å². The van der Waals surface area contributed by atoms with Crippen molar-refractivity contribution < 1.29 is 16.8 Å². The van der Waals surface area contributed by atoms with Crippen molar-refractivity contribution >= 4 is 25.9 Å². The standard InChI is InChI=1S/C14H20N4O4S2/c1-4-18(5-2)24(21,22)13-8-6-12(7-9-13)23(19,20)16-14-10-11-17(3)15-14/h6-11H,4-5H2,1-3H3,(H,15,16). The van der Waals surface area contributed by atoms with Crippen molar-refractivity contribution in [3.8, 4) is 0 Å². The summed E-state index contributed by atoms with van der Waals surface area (Å²) >= 11 is 0. The fourth-order valence-electron chi connectivity index (χ4n) is 2.17. The van der Waals surface area contributed by atoms with Gasteiger partial charge in [0.15, 0.2) is 5.82 Å². The van der Waals surface area contributed by atoms with E-state index in [0.29, 0.717) is 13.1 Å². The first-order valence-corrected chi connectivity index (χ1v) is 10.3. The lowest BCUT2D eigenvalue weighted by Gasteiger charge is -2.18. The van der Waals surface area contributed by atoms with Gasteiger partial charge in [-0.3, -0.25) is 9.40 Å². The predicted molar refractivity (Wildman–Crippen MR) is 90.6 cm³/mol. The van der Waals surface area contributed by atoms with Crippen LogP contribution in [0.5, 0.6) is 0 Å². The molecule has 0 aliphatic carbocycles. The molecule has 0 aliphatic rings. The van der Waals surface area contributed by atoms with Gasteiger partial charge in [-0.2, -0.15) is 9.40 Å². The van der Waals surface area contributed by atoms with Gasteiger partial charge in [-0.05, 0) is 24.3 Å². The number of aryl methyl sites for hydroxylation is 1. The lowest BCUT2D eigenvalue weighted by Crippen LogP contribution is -2.30. The third-order valence-electron chi connectivity index (χ3n) is 3.43. The van der Waals surface area contributed by atoms with Gasteiger partial charge in [0, 0.05) is 32.4 Å². The molecule has 10 heteroatoms. The number of anilines is 1.